The molecule has 0 radical (unpaired) electrons. The Morgan fingerprint density at radius 1 is 1.09 bits per heavy atom. The Hall–Kier alpha value is -2.25. The molecule has 1 aliphatic rings. The van der Waals surface area contributed by atoms with Crippen LogP contribution < -0.4 is 4.74 Å². The second-order valence-electron chi connectivity index (χ2n) is 4.39. The van der Waals surface area contributed by atoms with Gasteiger partial charge in [0.1, 0.15) is 11.3 Å². The van der Waals surface area contributed by atoms with Gasteiger partial charge in [-0.15, -0.1) is 0 Å². The van der Waals surface area contributed by atoms with Crippen LogP contribution in [0.4, 0.5) is 26.3 Å². The maximum Gasteiger partial charge on any atom is 0.491 e. The van der Waals surface area contributed by atoms with Crippen LogP contribution in [0.3, 0.4) is 0 Å². The fourth-order valence-corrected chi connectivity index (χ4v) is 1.98. The highest BCUT2D eigenvalue weighted by Crippen LogP contribution is 2.43. The number of allylic oxidation sites excluding steroid dienone is 4. The third kappa shape index (κ3) is 3.32. The van der Waals surface area contributed by atoms with E-state index >= 15 is 0 Å². The number of carbonyl (C=O) groups excluding carboxylic acids is 1. The van der Waals surface area contributed by atoms with Crippen LogP contribution in [0, 0.1) is 0 Å². The molecule has 1 aromatic rings. The van der Waals surface area contributed by atoms with Gasteiger partial charge >= 0.3 is 18.3 Å². The minimum Gasteiger partial charge on any atom is -0.419 e. The predicted octanol–water partition coefficient (Wildman–Crippen LogP) is 4.52. The van der Waals surface area contributed by atoms with Crippen LogP contribution in [0.5, 0.6) is 5.75 Å². The first kappa shape index (κ1) is 16.1. The van der Waals surface area contributed by atoms with Gasteiger partial charge in [0, 0.05) is 0 Å². The third-order valence-corrected chi connectivity index (χ3v) is 2.86. The Labute approximate surface area is 120 Å². The summed E-state index contributed by atoms with van der Waals surface area (Å²) in [6.45, 7) is 0. The topological polar surface area (TPSA) is 26.3 Å². The summed E-state index contributed by atoms with van der Waals surface area (Å²) in [6, 6.07) is 2.90. The van der Waals surface area contributed by atoms with Crippen molar-refractivity contribution < 1.29 is 35.9 Å². The maximum atomic E-state index is 13.2. The molecule has 8 heteroatoms. The van der Waals surface area contributed by atoms with Crippen LogP contribution in [0.1, 0.15) is 17.5 Å². The van der Waals surface area contributed by atoms with Gasteiger partial charge in [-0.3, -0.25) is 0 Å². The molecule has 0 fully saturated rings. The number of ether oxygens (including phenoxy) is 1. The van der Waals surface area contributed by atoms with Gasteiger partial charge in [0.05, 0.1) is 0 Å². The fourth-order valence-electron chi connectivity index (χ4n) is 1.98. The van der Waals surface area contributed by atoms with Crippen molar-refractivity contribution in [1.29, 1.82) is 0 Å². The lowest BCUT2D eigenvalue weighted by Crippen LogP contribution is -2.29. The third-order valence-electron chi connectivity index (χ3n) is 2.86. The summed E-state index contributed by atoms with van der Waals surface area (Å²) in [6.07, 6.45) is -5.60. The van der Waals surface area contributed by atoms with E-state index < -0.39 is 29.6 Å². The molecule has 0 saturated heterocycles. The van der Waals surface area contributed by atoms with Crippen molar-refractivity contribution in [3.05, 3.63) is 47.6 Å². The molecule has 0 unspecified atom stereocenters. The number of hydrogen-bond acceptors (Lipinski definition) is 2. The van der Waals surface area contributed by atoms with Gasteiger partial charge in [0.25, 0.3) is 0 Å². The zero-order valence-electron chi connectivity index (χ0n) is 10.8. The molecule has 22 heavy (non-hydrogen) atoms. The largest absolute Gasteiger partial charge is 0.491 e. The lowest BCUT2D eigenvalue weighted by molar-refractivity contribution is -0.190. The van der Waals surface area contributed by atoms with Crippen molar-refractivity contribution in [1.82, 2.24) is 0 Å². The molecule has 0 bridgehead atoms. The Bertz CT molecular complexity index is 652. The van der Waals surface area contributed by atoms with Crippen molar-refractivity contribution in [2.75, 3.05) is 0 Å². The minimum atomic E-state index is -5.38. The van der Waals surface area contributed by atoms with Crippen molar-refractivity contribution in [3.8, 4) is 5.75 Å². The molecule has 0 amide bonds. The van der Waals surface area contributed by atoms with Gasteiger partial charge in [-0.2, -0.15) is 26.3 Å². The second kappa shape index (κ2) is 5.51. The van der Waals surface area contributed by atoms with Crippen molar-refractivity contribution >= 4 is 11.5 Å². The van der Waals surface area contributed by atoms with Gasteiger partial charge in [-0.05, 0) is 23.6 Å². The van der Waals surface area contributed by atoms with Crippen molar-refractivity contribution in [2.24, 2.45) is 0 Å². The van der Waals surface area contributed by atoms with Crippen molar-refractivity contribution in [3.63, 3.8) is 0 Å². The van der Waals surface area contributed by atoms with Gasteiger partial charge < -0.3 is 4.74 Å². The molecule has 0 aromatic heterocycles. The lowest BCUT2D eigenvalue weighted by atomic mass is 9.97. The molecule has 0 spiro atoms. The van der Waals surface area contributed by atoms with E-state index in [0.717, 1.165) is 12.1 Å². The van der Waals surface area contributed by atoms with Crippen LogP contribution in [0.15, 0.2) is 36.4 Å². The summed E-state index contributed by atoms with van der Waals surface area (Å²) in [4.78, 5) is 10.8. The predicted molar refractivity (Wildman–Crippen MR) is 64.9 cm³/mol. The van der Waals surface area contributed by atoms with Crippen LogP contribution in [0.2, 0.25) is 0 Å². The SMILES string of the molecule is O=C(Oc1cccc(C2=CC=CC2)c1C(F)(F)F)C(F)(F)F. The molecule has 0 heterocycles. The average Bonchev–Trinajstić information content (AvgIpc) is 2.89. The van der Waals surface area contributed by atoms with E-state index in [-0.39, 0.29) is 17.6 Å². The molecule has 1 aliphatic carbocycles. The van der Waals surface area contributed by atoms with E-state index in [4.69, 9.17) is 0 Å². The molecule has 0 N–H and O–H groups in total. The minimum absolute atomic E-state index is 0.208. The molecule has 2 nitrogen and oxygen atoms in total. The molecular formula is C14H8F6O2. The van der Waals surface area contributed by atoms with E-state index in [1.165, 1.54) is 12.2 Å². The highest BCUT2D eigenvalue weighted by molar-refractivity contribution is 5.80. The number of halogens is 6. The summed E-state index contributed by atoms with van der Waals surface area (Å²) >= 11 is 0. The smallest absolute Gasteiger partial charge is 0.419 e. The van der Waals surface area contributed by atoms with E-state index in [9.17, 15) is 31.1 Å². The first-order valence-corrected chi connectivity index (χ1v) is 5.96. The second-order valence-corrected chi connectivity index (χ2v) is 4.39. The summed E-state index contributed by atoms with van der Waals surface area (Å²) in [7, 11) is 0. The fraction of sp³-hybridized carbons (Fsp3) is 0.214. The summed E-state index contributed by atoms with van der Waals surface area (Å²) < 4.78 is 80.0. The summed E-state index contributed by atoms with van der Waals surface area (Å²) in [5.74, 6) is -3.87. The Kier molecular flexibility index (Phi) is 4.04. The van der Waals surface area contributed by atoms with Crippen molar-refractivity contribution in [2.45, 2.75) is 18.8 Å². The average molecular weight is 322 g/mol. The lowest BCUT2D eigenvalue weighted by Gasteiger charge is -2.18. The number of hydrogen-bond donors (Lipinski definition) is 0. The van der Waals surface area contributed by atoms with E-state index in [1.807, 2.05) is 0 Å². The van der Waals surface area contributed by atoms with Crippen LogP contribution in [-0.4, -0.2) is 12.1 Å². The first-order chi connectivity index (χ1) is 10.1. The summed E-state index contributed by atoms with van der Waals surface area (Å²) in [5.41, 5.74) is -1.44. The number of esters is 1. The van der Waals surface area contributed by atoms with E-state index in [0.29, 0.717) is 6.07 Å². The molecule has 118 valence electrons. The molecular weight excluding hydrogens is 314 g/mol. The number of benzene rings is 1. The van der Waals surface area contributed by atoms with Crippen LogP contribution in [-0.2, 0) is 11.0 Å². The zero-order valence-corrected chi connectivity index (χ0v) is 10.8. The van der Waals surface area contributed by atoms with Gasteiger partial charge in [-0.25, -0.2) is 4.79 Å². The first-order valence-electron chi connectivity index (χ1n) is 5.96. The number of carbonyl (C=O) groups is 1. The highest BCUT2D eigenvalue weighted by atomic mass is 19.4. The highest BCUT2D eigenvalue weighted by Gasteiger charge is 2.44. The maximum absolute atomic E-state index is 13.2. The normalized spacial score (nSPS) is 14.9. The molecule has 0 saturated carbocycles. The zero-order chi connectivity index (χ0) is 16.5. The van der Waals surface area contributed by atoms with E-state index in [1.54, 1.807) is 6.08 Å². The molecule has 2 rings (SSSR count). The van der Waals surface area contributed by atoms with Gasteiger partial charge in [-0.1, -0.05) is 30.4 Å². The molecule has 1 aromatic carbocycles. The van der Waals surface area contributed by atoms with E-state index in [2.05, 4.69) is 4.74 Å². The standard InChI is InChI=1S/C14H8F6O2/c15-13(16,17)11-9(8-4-1-2-5-8)6-3-7-10(11)22-12(21)14(18,19)20/h1-4,6-7H,5H2. The number of alkyl halides is 6. The van der Waals surface area contributed by atoms with Crippen LogP contribution in [0.25, 0.3) is 5.57 Å². The van der Waals surface area contributed by atoms with Gasteiger partial charge in [0.2, 0.25) is 0 Å². The Morgan fingerprint density at radius 2 is 1.77 bits per heavy atom. The Morgan fingerprint density at radius 3 is 2.27 bits per heavy atom. The van der Waals surface area contributed by atoms with Gasteiger partial charge in [0.15, 0.2) is 0 Å². The van der Waals surface area contributed by atoms with Crippen LogP contribution >= 0.6 is 0 Å². The quantitative estimate of drug-likeness (QED) is 0.455. The number of rotatable bonds is 2. The summed E-state index contributed by atoms with van der Waals surface area (Å²) in [5, 5.41) is 0. The molecule has 0 atom stereocenters. The monoisotopic (exact) mass is 322 g/mol. The Balaban J connectivity index is 2.50. The molecule has 0 aliphatic heterocycles.